The molecule has 1 heterocycles. The Labute approximate surface area is 189 Å². The number of piperazine rings is 1. The Morgan fingerprint density at radius 3 is 2.00 bits per heavy atom. The van der Waals surface area contributed by atoms with E-state index in [1.165, 1.54) is 75.5 Å². The largest absolute Gasteiger partial charge is 0.445 e. The second-order valence-electron chi connectivity index (χ2n) is 8.73. The minimum absolute atomic E-state index is 0.0333. The number of hydrogen-bond acceptors (Lipinski definition) is 3. The van der Waals surface area contributed by atoms with Crippen LogP contribution in [0.5, 0.6) is 0 Å². The molecule has 0 unspecified atom stereocenters. The van der Waals surface area contributed by atoms with Crippen molar-refractivity contribution >= 4 is 12.0 Å². The van der Waals surface area contributed by atoms with Crippen LogP contribution in [0, 0.1) is 0 Å². The van der Waals surface area contributed by atoms with Crippen LogP contribution in [0.1, 0.15) is 89.5 Å². The molecule has 0 atom stereocenters. The molecule has 5 heteroatoms. The molecule has 1 aliphatic rings. The molecular formula is C26H42N2O3. The van der Waals surface area contributed by atoms with Crippen molar-refractivity contribution in [2.24, 2.45) is 0 Å². The maximum atomic E-state index is 12.4. The van der Waals surface area contributed by atoms with E-state index < -0.39 is 6.09 Å². The van der Waals surface area contributed by atoms with Crippen molar-refractivity contribution in [3.8, 4) is 0 Å². The predicted molar refractivity (Wildman–Crippen MR) is 126 cm³/mol. The smallest absolute Gasteiger partial charge is 0.410 e. The Hall–Kier alpha value is -2.04. The van der Waals surface area contributed by atoms with Gasteiger partial charge in [0.15, 0.2) is 0 Å². The van der Waals surface area contributed by atoms with Crippen LogP contribution in [-0.4, -0.2) is 48.0 Å². The van der Waals surface area contributed by atoms with Crippen molar-refractivity contribution in [2.45, 2.75) is 90.6 Å². The van der Waals surface area contributed by atoms with Gasteiger partial charge in [-0.05, 0) is 12.0 Å². The van der Waals surface area contributed by atoms with Crippen LogP contribution in [0.3, 0.4) is 0 Å². The van der Waals surface area contributed by atoms with Gasteiger partial charge in [-0.3, -0.25) is 9.69 Å². The van der Waals surface area contributed by atoms with E-state index in [0.717, 1.165) is 18.5 Å². The molecule has 1 fully saturated rings. The van der Waals surface area contributed by atoms with E-state index in [1.807, 2.05) is 35.2 Å². The minimum atomic E-state index is -0.401. The summed E-state index contributed by atoms with van der Waals surface area (Å²) >= 11 is 0. The monoisotopic (exact) mass is 430 g/mol. The molecule has 1 aliphatic heterocycles. The molecule has 174 valence electrons. The number of ether oxygens (including phenoxy) is 1. The topological polar surface area (TPSA) is 49.9 Å². The van der Waals surface area contributed by atoms with E-state index in [0.29, 0.717) is 13.1 Å². The first-order chi connectivity index (χ1) is 15.2. The van der Waals surface area contributed by atoms with Crippen LogP contribution in [0.15, 0.2) is 30.3 Å². The van der Waals surface area contributed by atoms with Crippen LogP contribution in [0.25, 0.3) is 0 Å². The minimum Gasteiger partial charge on any atom is -0.445 e. The third kappa shape index (κ3) is 10.7. The number of hydrogen-bond donors (Lipinski definition) is 0. The first-order valence-electron chi connectivity index (χ1n) is 12.4. The SMILES string of the molecule is CCCCCCCCCCCCCCN1CCN(C(=O)OCc2ccccc2)CC1=O. The molecule has 2 amide bonds. The number of benzene rings is 1. The van der Waals surface area contributed by atoms with Crippen molar-refractivity contribution in [3.63, 3.8) is 0 Å². The highest BCUT2D eigenvalue weighted by molar-refractivity contribution is 5.83. The van der Waals surface area contributed by atoms with Crippen molar-refractivity contribution in [2.75, 3.05) is 26.2 Å². The zero-order valence-corrected chi connectivity index (χ0v) is 19.5. The standard InChI is InChI=1S/C26H42N2O3/c1-2-3-4-5-6-7-8-9-10-11-12-16-19-27-20-21-28(22-25(27)29)26(30)31-23-24-17-14-13-15-18-24/h13-15,17-18H,2-12,16,19-23H2,1H3. The van der Waals surface area contributed by atoms with Gasteiger partial charge in [0.1, 0.15) is 13.2 Å². The van der Waals surface area contributed by atoms with Crippen molar-refractivity contribution in [1.29, 1.82) is 0 Å². The lowest BCUT2D eigenvalue weighted by Gasteiger charge is -2.33. The molecule has 5 nitrogen and oxygen atoms in total. The lowest BCUT2D eigenvalue weighted by atomic mass is 10.1. The average molecular weight is 431 g/mol. The maximum absolute atomic E-state index is 12.4. The van der Waals surface area contributed by atoms with Crippen LogP contribution < -0.4 is 0 Å². The lowest BCUT2D eigenvalue weighted by molar-refractivity contribution is -0.135. The number of amides is 2. The van der Waals surface area contributed by atoms with Gasteiger partial charge in [-0.1, -0.05) is 108 Å². The summed E-state index contributed by atoms with van der Waals surface area (Å²) in [6, 6.07) is 9.61. The van der Waals surface area contributed by atoms with Gasteiger partial charge in [-0.15, -0.1) is 0 Å². The second kappa shape index (κ2) is 15.7. The molecule has 0 aliphatic carbocycles. The fourth-order valence-electron chi connectivity index (χ4n) is 4.06. The fraction of sp³-hybridized carbons (Fsp3) is 0.692. The fourth-order valence-corrected chi connectivity index (χ4v) is 4.06. The first-order valence-corrected chi connectivity index (χ1v) is 12.4. The summed E-state index contributed by atoms with van der Waals surface area (Å²) in [5.41, 5.74) is 0.952. The van der Waals surface area contributed by atoms with Crippen LogP contribution in [-0.2, 0) is 16.1 Å². The van der Waals surface area contributed by atoms with Crippen LogP contribution in [0.4, 0.5) is 4.79 Å². The molecule has 2 rings (SSSR count). The van der Waals surface area contributed by atoms with Crippen molar-refractivity contribution in [1.82, 2.24) is 9.80 Å². The van der Waals surface area contributed by atoms with Gasteiger partial charge in [0.05, 0.1) is 0 Å². The summed E-state index contributed by atoms with van der Waals surface area (Å²) in [5, 5.41) is 0. The Balaban J connectivity index is 1.47. The second-order valence-corrected chi connectivity index (χ2v) is 8.73. The van der Waals surface area contributed by atoms with Gasteiger partial charge >= 0.3 is 6.09 Å². The van der Waals surface area contributed by atoms with E-state index in [4.69, 9.17) is 4.74 Å². The van der Waals surface area contributed by atoms with Crippen molar-refractivity contribution in [3.05, 3.63) is 35.9 Å². The number of carbonyl (C=O) groups excluding carboxylic acids is 2. The number of unbranched alkanes of at least 4 members (excludes halogenated alkanes) is 11. The van der Waals surface area contributed by atoms with Gasteiger partial charge in [-0.2, -0.15) is 0 Å². The van der Waals surface area contributed by atoms with Crippen LogP contribution in [0.2, 0.25) is 0 Å². The van der Waals surface area contributed by atoms with E-state index in [2.05, 4.69) is 6.92 Å². The molecule has 1 saturated heterocycles. The van der Waals surface area contributed by atoms with Crippen molar-refractivity contribution < 1.29 is 14.3 Å². The van der Waals surface area contributed by atoms with Gasteiger partial charge in [0.2, 0.25) is 5.91 Å². The Bertz CT molecular complexity index is 620. The summed E-state index contributed by atoms with van der Waals surface area (Å²) in [7, 11) is 0. The third-order valence-corrected chi connectivity index (χ3v) is 6.06. The Morgan fingerprint density at radius 2 is 1.42 bits per heavy atom. The Morgan fingerprint density at radius 1 is 0.839 bits per heavy atom. The summed E-state index contributed by atoms with van der Waals surface area (Å²) < 4.78 is 5.35. The summed E-state index contributed by atoms with van der Waals surface area (Å²) in [6.07, 6.45) is 15.4. The molecule has 0 aromatic heterocycles. The summed E-state index contributed by atoms with van der Waals surface area (Å²) in [5.74, 6) is 0.0333. The van der Waals surface area contributed by atoms with E-state index in [9.17, 15) is 9.59 Å². The molecule has 0 spiro atoms. The highest BCUT2D eigenvalue weighted by atomic mass is 16.6. The van der Waals surface area contributed by atoms with Gasteiger partial charge in [0.25, 0.3) is 0 Å². The van der Waals surface area contributed by atoms with Gasteiger partial charge in [0, 0.05) is 19.6 Å². The highest BCUT2D eigenvalue weighted by Gasteiger charge is 2.27. The quantitative estimate of drug-likeness (QED) is 0.313. The molecule has 0 bridgehead atoms. The number of carbonyl (C=O) groups is 2. The van der Waals surface area contributed by atoms with E-state index >= 15 is 0 Å². The normalized spacial score (nSPS) is 14.2. The Kier molecular flexibility index (Phi) is 12.8. The average Bonchev–Trinajstić information content (AvgIpc) is 2.79. The van der Waals surface area contributed by atoms with Gasteiger partial charge in [-0.25, -0.2) is 4.79 Å². The molecule has 1 aromatic carbocycles. The molecule has 0 N–H and O–H groups in total. The van der Waals surface area contributed by atoms with Gasteiger partial charge < -0.3 is 9.64 Å². The van der Waals surface area contributed by atoms with E-state index in [1.54, 1.807) is 0 Å². The number of rotatable bonds is 15. The molecule has 0 radical (unpaired) electrons. The molecular weight excluding hydrogens is 388 g/mol. The first kappa shape index (κ1) is 25.2. The summed E-state index contributed by atoms with van der Waals surface area (Å²) in [6.45, 7) is 4.61. The van der Waals surface area contributed by atoms with E-state index in [-0.39, 0.29) is 19.1 Å². The summed E-state index contributed by atoms with van der Waals surface area (Å²) in [4.78, 5) is 28.0. The molecule has 1 aromatic rings. The maximum Gasteiger partial charge on any atom is 0.410 e. The predicted octanol–water partition coefficient (Wildman–Crippen LogP) is 6.17. The highest BCUT2D eigenvalue weighted by Crippen LogP contribution is 2.13. The number of nitrogens with zero attached hydrogens (tertiary/aromatic N) is 2. The molecule has 0 saturated carbocycles. The zero-order chi connectivity index (χ0) is 22.2. The molecule has 31 heavy (non-hydrogen) atoms. The van der Waals surface area contributed by atoms with Crippen LogP contribution >= 0.6 is 0 Å². The lowest BCUT2D eigenvalue weighted by Crippen LogP contribution is -2.52. The third-order valence-electron chi connectivity index (χ3n) is 6.06. The zero-order valence-electron chi connectivity index (χ0n) is 19.5.